The van der Waals surface area contributed by atoms with E-state index in [9.17, 15) is 9.59 Å². The molecule has 7 nitrogen and oxygen atoms in total. The van der Waals surface area contributed by atoms with Crippen LogP contribution in [0.3, 0.4) is 0 Å². The Morgan fingerprint density at radius 2 is 1.64 bits per heavy atom. The van der Waals surface area contributed by atoms with Gasteiger partial charge in [-0.15, -0.1) is 0 Å². The zero-order valence-corrected chi connectivity index (χ0v) is 18.2. The molecule has 0 bridgehead atoms. The van der Waals surface area contributed by atoms with Crippen molar-refractivity contribution in [2.24, 2.45) is 5.11 Å². The molecule has 0 fully saturated rings. The van der Waals surface area contributed by atoms with E-state index in [2.05, 4.69) is 10.0 Å². The van der Waals surface area contributed by atoms with Gasteiger partial charge in [-0.2, -0.15) is 0 Å². The molecule has 3 aromatic rings. The minimum atomic E-state index is -0.860. The summed E-state index contributed by atoms with van der Waals surface area (Å²) in [6.07, 6.45) is 3.11. The van der Waals surface area contributed by atoms with Crippen LogP contribution in [-0.4, -0.2) is 22.8 Å². The number of amides is 1. The number of esters is 1. The lowest BCUT2D eigenvalue weighted by molar-refractivity contribution is -0.154. The van der Waals surface area contributed by atoms with Gasteiger partial charge in [0.1, 0.15) is 12.6 Å². The summed E-state index contributed by atoms with van der Waals surface area (Å²) < 4.78 is 5.46. The number of azide groups is 1. The molecule has 3 rings (SSSR count). The molecular formula is C26H24N4O3. The lowest BCUT2D eigenvalue weighted by Gasteiger charge is -2.27. The van der Waals surface area contributed by atoms with Gasteiger partial charge in [0.05, 0.1) is 0 Å². The Kier molecular flexibility index (Phi) is 8.40. The molecule has 0 saturated heterocycles. The number of carbonyl (C=O) groups is 2. The fourth-order valence-corrected chi connectivity index (χ4v) is 3.18. The first-order valence-electron chi connectivity index (χ1n) is 10.5. The van der Waals surface area contributed by atoms with Crippen LogP contribution >= 0.6 is 0 Å². The Morgan fingerprint density at radius 3 is 2.33 bits per heavy atom. The topological polar surface area (TPSA) is 95.4 Å². The maximum absolute atomic E-state index is 13.1. The second-order valence-electron chi connectivity index (χ2n) is 7.30. The molecule has 0 N–H and O–H groups in total. The summed E-state index contributed by atoms with van der Waals surface area (Å²) >= 11 is 0. The summed E-state index contributed by atoms with van der Waals surface area (Å²) in [6.45, 7) is 1.81. The first-order chi connectivity index (χ1) is 16.1. The van der Waals surface area contributed by atoms with Crippen molar-refractivity contribution in [2.45, 2.75) is 26.1 Å². The molecule has 3 aromatic carbocycles. The maximum Gasteiger partial charge on any atom is 0.328 e. The number of nitrogens with zero attached hydrogens (tertiary/aromatic N) is 4. The van der Waals surface area contributed by atoms with E-state index < -0.39 is 12.0 Å². The quantitative estimate of drug-likeness (QED) is 0.138. The molecule has 0 saturated carbocycles. The summed E-state index contributed by atoms with van der Waals surface area (Å²) in [5.41, 5.74) is 11.6. The molecule has 0 spiro atoms. The van der Waals surface area contributed by atoms with Crippen LogP contribution in [0.15, 0.2) is 96.1 Å². The van der Waals surface area contributed by atoms with Crippen LogP contribution in [0, 0.1) is 0 Å². The number of hydrogen-bond acceptors (Lipinski definition) is 4. The van der Waals surface area contributed by atoms with Crippen molar-refractivity contribution >= 4 is 23.6 Å². The van der Waals surface area contributed by atoms with E-state index >= 15 is 0 Å². The summed E-state index contributed by atoms with van der Waals surface area (Å²) in [7, 11) is 0. The third-order valence-corrected chi connectivity index (χ3v) is 5.02. The van der Waals surface area contributed by atoms with Crippen LogP contribution in [0.2, 0.25) is 0 Å². The fraction of sp³-hybridized carbons (Fsp3) is 0.154. The molecule has 1 atom stereocenters. The van der Waals surface area contributed by atoms with Gasteiger partial charge in [-0.1, -0.05) is 90.0 Å². The van der Waals surface area contributed by atoms with Gasteiger partial charge in [-0.05, 0) is 35.2 Å². The van der Waals surface area contributed by atoms with E-state index in [4.69, 9.17) is 10.3 Å². The van der Waals surface area contributed by atoms with Crippen molar-refractivity contribution in [1.29, 1.82) is 0 Å². The number of ether oxygens (including phenoxy) is 1. The molecule has 0 aliphatic heterocycles. The highest BCUT2D eigenvalue weighted by molar-refractivity contribution is 5.94. The van der Waals surface area contributed by atoms with Gasteiger partial charge >= 0.3 is 5.97 Å². The highest BCUT2D eigenvalue weighted by atomic mass is 16.5. The van der Waals surface area contributed by atoms with E-state index in [1.165, 1.54) is 11.0 Å². The van der Waals surface area contributed by atoms with Gasteiger partial charge < -0.3 is 9.64 Å². The number of hydrogen-bond donors (Lipinski definition) is 0. The highest BCUT2D eigenvalue weighted by Gasteiger charge is 2.26. The highest BCUT2D eigenvalue weighted by Crippen LogP contribution is 2.22. The predicted octanol–water partition coefficient (Wildman–Crippen LogP) is 5.80. The van der Waals surface area contributed by atoms with E-state index in [0.717, 1.165) is 11.1 Å². The van der Waals surface area contributed by atoms with Crippen LogP contribution in [-0.2, 0) is 27.5 Å². The number of benzene rings is 3. The first-order valence-corrected chi connectivity index (χ1v) is 10.5. The average Bonchev–Trinajstić information content (AvgIpc) is 2.86. The molecule has 33 heavy (non-hydrogen) atoms. The van der Waals surface area contributed by atoms with Gasteiger partial charge in [-0.25, -0.2) is 4.79 Å². The summed E-state index contributed by atoms with van der Waals surface area (Å²) in [5.74, 6) is -0.889. The van der Waals surface area contributed by atoms with Gasteiger partial charge in [-0.3, -0.25) is 4.79 Å². The first kappa shape index (κ1) is 23.3. The maximum atomic E-state index is 13.1. The van der Waals surface area contributed by atoms with Crippen LogP contribution in [0.4, 0.5) is 5.69 Å². The Hall–Kier alpha value is -4.35. The Morgan fingerprint density at radius 1 is 1.00 bits per heavy atom. The van der Waals surface area contributed by atoms with E-state index in [1.54, 1.807) is 37.3 Å². The summed E-state index contributed by atoms with van der Waals surface area (Å²) in [4.78, 5) is 30.2. The van der Waals surface area contributed by atoms with Crippen molar-refractivity contribution in [1.82, 2.24) is 4.90 Å². The largest absolute Gasteiger partial charge is 0.459 e. The zero-order valence-electron chi connectivity index (χ0n) is 18.2. The third-order valence-electron chi connectivity index (χ3n) is 5.02. The zero-order chi connectivity index (χ0) is 23.5. The minimum Gasteiger partial charge on any atom is -0.459 e. The summed E-state index contributed by atoms with van der Waals surface area (Å²) in [5, 5.41) is 3.70. The standard InChI is InChI=1S/C26H24N4O3/c1-20(26(32)33-19-22-12-6-3-7-13-22)30(18-23-14-8-9-15-24(23)28-29-27)25(31)17-16-21-10-4-2-5-11-21/h2-17,20H,18-19H2,1H3/b17-16+/t20-/m0/s1. The van der Waals surface area contributed by atoms with Crippen molar-refractivity contribution in [3.8, 4) is 0 Å². The van der Waals surface area contributed by atoms with Crippen LogP contribution < -0.4 is 0 Å². The molecule has 0 aromatic heterocycles. The molecule has 0 heterocycles. The molecule has 0 radical (unpaired) electrons. The minimum absolute atomic E-state index is 0.0781. The van der Waals surface area contributed by atoms with E-state index in [0.29, 0.717) is 11.3 Å². The van der Waals surface area contributed by atoms with Crippen LogP contribution in [0.25, 0.3) is 16.5 Å². The molecule has 0 unspecified atom stereocenters. The van der Waals surface area contributed by atoms with Gasteiger partial charge in [0.25, 0.3) is 0 Å². The Bertz CT molecular complexity index is 1160. The monoisotopic (exact) mass is 440 g/mol. The second kappa shape index (κ2) is 11.9. The smallest absolute Gasteiger partial charge is 0.328 e. The average molecular weight is 441 g/mol. The van der Waals surface area contributed by atoms with Crippen LogP contribution in [0.5, 0.6) is 0 Å². The number of carbonyl (C=O) groups excluding carboxylic acids is 2. The number of rotatable bonds is 9. The van der Waals surface area contributed by atoms with E-state index in [1.807, 2.05) is 60.7 Å². The lowest BCUT2D eigenvalue weighted by atomic mass is 10.1. The molecule has 1 amide bonds. The second-order valence-corrected chi connectivity index (χ2v) is 7.30. The summed E-state index contributed by atoms with van der Waals surface area (Å²) in [6, 6.07) is 24.8. The fourth-order valence-electron chi connectivity index (χ4n) is 3.18. The molecule has 0 aliphatic rings. The van der Waals surface area contributed by atoms with Crippen molar-refractivity contribution in [2.75, 3.05) is 0 Å². The van der Waals surface area contributed by atoms with Gasteiger partial charge in [0, 0.05) is 23.2 Å². The molecular weight excluding hydrogens is 416 g/mol. The van der Waals surface area contributed by atoms with Crippen molar-refractivity contribution in [3.63, 3.8) is 0 Å². The normalized spacial score (nSPS) is 11.4. The van der Waals surface area contributed by atoms with Crippen LogP contribution in [0.1, 0.15) is 23.6 Å². The van der Waals surface area contributed by atoms with Gasteiger partial charge in [0.2, 0.25) is 5.91 Å². The molecule has 0 aliphatic carbocycles. The molecule has 7 heteroatoms. The lowest BCUT2D eigenvalue weighted by Crippen LogP contribution is -2.42. The van der Waals surface area contributed by atoms with Crippen molar-refractivity contribution in [3.05, 3.63) is 118 Å². The Labute approximate surface area is 192 Å². The van der Waals surface area contributed by atoms with Crippen molar-refractivity contribution < 1.29 is 14.3 Å². The third kappa shape index (κ3) is 6.82. The Balaban J connectivity index is 1.82. The predicted molar refractivity (Wildman–Crippen MR) is 127 cm³/mol. The van der Waals surface area contributed by atoms with Gasteiger partial charge in [0.15, 0.2) is 0 Å². The molecule has 166 valence electrons. The van der Waals surface area contributed by atoms with E-state index in [-0.39, 0.29) is 19.1 Å². The SMILES string of the molecule is C[C@@H](C(=O)OCc1ccccc1)N(Cc1ccccc1N=[N+]=[N-])C(=O)/C=C/c1ccccc1.